The van der Waals surface area contributed by atoms with Crippen LogP contribution in [0.3, 0.4) is 0 Å². The van der Waals surface area contributed by atoms with Gasteiger partial charge in [-0.15, -0.1) is 0 Å². The highest BCUT2D eigenvalue weighted by Gasteiger charge is 2.60. The van der Waals surface area contributed by atoms with Crippen LogP contribution in [0.15, 0.2) is 0 Å². The number of carbonyl (C=O) groups is 1. The first-order chi connectivity index (χ1) is 9.05. The van der Waals surface area contributed by atoms with Crippen LogP contribution in [0.4, 0.5) is 31.1 Å². The Bertz CT molecular complexity index is 322. The van der Waals surface area contributed by atoms with Crippen LogP contribution >= 0.6 is 0 Å². The summed E-state index contributed by atoms with van der Waals surface area (Å²) in [5.41, 5.74) is 0. The van der Waals surface area contributed by atoms with E-state index in [1.807, 2.05) is 11.8 Å². The average molecular weight is 308 g/mol. The molecule has 10 heteroatoms. The molecule has 0 radical (unpaired) electrons. The summed E-state index contributed by atoms with van der Waals surface area (Å²) in [6.07, 6.45) is -17.1. The number of ether oxygens (including phenoxy) is 1. The molecule has 0 aromatic rings. The molecule has 20 heavy (non-hydrogen) atoms. The highest BCUT2D eigenvalue weighted by atomic mass is 19.4. The normalized spacial score (nSPS) is 18.5. The number of halogens is 6. The minimum Gasteiger partial charge on any atom is -0.426 e. The molecule has 0 N–H and O–H groups in total. The van der Waals surface area contributed by atoms with E-state index >= 15 is 0 Å². The van der Waals surface area contributed by atoms with Crippen molar-refractivity contribution < 1.29 is 35.9 Å². The second kappa shape index (κ2) is 6.06. The Morgan fingerprint density at radius 2 is 1.50 bits per heavy atom. The Kier molecular flexibility index (Phi) is 5.11. The van der Waals surface area contributed by atoms with E-state index in [4.69, 9.17) is 0 Å². The Labute approximate surface area is 111 Å². The summed E-state index contributed by atoms with van der Waals surface area (Å²) < 4.78 is 77.0. The van der Waals surface area contributed by atoms with Gasteiger partial charge in [-0.3, -0.25) is 0 Å². The second-order valence-corrected chi connectivity index (χ2v) is 4.27. The van der Waals surface area contributed by atoms with E-state index in [0.29, 0.717) is 19.6 Å². The predicted molar refractivity (Wildman–Crippen MR) is 56.1 cm³/mol. The predicted octanol–water partition coefficient (Wildman–Crippen LogP) is 2.25. The Morgan fingerprint density at radius 3 is 1.85 bits per heavy atom. The van der Waals surface area contributed by atoms with Gasteiger partial charge in [0.05, 0.1) is 0 Å². The summed E-state index contributed by atoms with van der Waals surface area (Å²) in [6.45, 7) is 3.39. The van der Waals surface area contributed by atoms with Crippen molar-refractivity contribution in [2.75, 3.05) is 32.7 Å². The van der Waals surface area contributed by atoms with E-state index in [1.54, 1.807) is 0 Å². The number of piperazine rings is 1. The summed E-state index contributed by atoms with van der Waals surface area (Å²) in [5.74, 6) is 0. The topological polar surface area (TPSA) is 32.8 Å². The zero-order chi connectivity index (χ0) is 15.6. The molecular formula is C10H14F6N2O2. The van der Waals surface area contributed by atoms with Crippen LogP contribution in [0.5, 0.6) is 0 Å². The van der Waals surface area contributed by atoms with Crippen LogP contribution in [0.2, 0.25) is 0 Å². The van der Waals surface area contributed by atoms with Gasteiger partial charge >= 0.3 is 18.4 Å². The van der Waals surface area contributed by atoms with Gasteiger partial charge in [-0.2, -0.15) is 26.3 Å². The van der Waals surface area contributed by atoms with Gasteiger partial charge in [0.2, 0.25) is 0 Å². The second-order valence-electron chi connectivity index (χ2n) is 4.27. The molecule has 118 valence electrons. The molecule has 0 spiro atoms. The van der Waals surface area contributed by atoms with Crippen molar-refractivity contribution in [1.82, 2.24) is 9.80 Å². The van der Waals surface area contributed by atoms with E-state index in [2.05, 4.69) is 4.74 Å². The van der Waals surface area contributed by atoms with Gasteiger partial charge in [0.1, 0.15) is 0 Å². The van der Waals surface area contributed by atoms with E-state index in [1.165, 1.54) is 0 Å². The lowest BCUT2D eigenvalue weighted by atomic mass is 10.3. The van der Waals surface area contributed by atoms with Crippen LogP contribution in [-0.4, -0.2) is 67.1 Å². The first-order valence-corrected chi connectivity index (χ1v) is 5.87. The summed E-state index contributed by atoms with van der Waals surface area (Å²) in [7, 11) is 0. The van der Waals surface area contributed by atoms with Gasteiger partial charge in [-0.1, -0.05) is 6.92 Å². The number of likely N-dealkylation sites (N-methyl/N-ethyl adjacent to an activating group) is 1. The molecule has 1 heterocycles. The molecule has 0 saturated carbocycles. The lowest BCUT2D eigenvalue weighted by Crippen LogP contribution is -2.52. The largest absolute Gasteiger partial charge is 0.434 e. The molecule has 0 bridgehead atoms. The van der Waals surface area contributed by atoms with Crippen molar-refractivity contribution in [3.63, 3.8) is 0 Å². The molecule has 1 aliphatic rings. The van der Waals surface area contributed by atoms with Gasteiger partial charge in [-0.05, 0) is 6.54 Å². The molecule has 0 aliphatic carbocycles. The lowest BCUT2D eigenvalue weighted by molar-refractivity contribution is -0.308. The quantitative estimate of drug-likeness (QED) is 0.734. The number of alkyl halides is 6. The van der Waals surface area contributed by atoms with Crippen LogP contribution in [0, 0.1) is 0 Å². The maximum atomic E-state index is 12.2. The smallest absolute Gasteiger partial charge is 0.426 e. The summed E-state index contributed by atoms with van der Waals surface area (Å²) in [5, 5.41) is 0. The highest BCUT2D eigenvalue weighted by Crippen LogP contribution is 2.36. The van der Waals surface area contributed by atoms with Crippen LogP contribution in [0.1, 0.15) is 6.92 Å². The number of carbonyl (C=O) groups excluding carboxylic acids is 1. The molecule has 0 atom stereocenters. The number of hydrogen-bond acceptors (Lipinski definition) is 3. The van der Waals surface area contributed by atoms with E-state index in [-0.39, 0.29) is 13.1 Å². The fourth-order valence-electron chi connectivity index (χ4n) is 1.74. The summed E-state index contributed by atoms with van der Waals surface area (Å²) in [4.78, 5) is 14.1. The van der Waals surface area contributed by atoms with E-state index in [9.17, 15) is 31.1 Å². The third-order valence-corrected chi connectivity index (χ3v) is 2.89. The van der Waals surface area contributed by atoms with Crippen molar-refractivity contribution in [2.45, 2.75) is 25.4 Å². The zero-order valence-electron chi connectivity index (χ0n) is 10.6. The Balaban J connectivity index is 2.64. The highest BCUT2D eigenvalue weighted by molar-refractivity contribution is 5.68. The zero-order valence-corrected chi connectivity index (χ0v) is 10.6. The van der Waals surface area contributed by atoms with Crippen molar-refractivity contribution in [2.24, 2.45) is 0 Å². The third-order valence-electron chi connectivity index (χ3n) is 2.89. The molecule has 0 aromatic heterocycles. The molecule has 1 amide bonds. The monoisotopic (exact) mass is 308 g/mol. The number of hydrogen-bond donors (Lipinski definition) is 0. The maximum absolute atomic E-state index is 12.2. The fourth-order valence-corrected chi connectivity index (χ4v) is 1.74. The van der Waals surface area contributed by atoms with Gasteiger partial charge in [0.25, 0.3) is 6.10 Å². The molecule has 0 aromatic carbocycles. The minimum absolute atomic E-state index is 0.0368. The standard InChI is InChI=1S/C10H14F6N2O2/c1-2-17-3-5-18(6-4-17)8(19)20-7(9(11,12)13)10(14,15)16/h7H,2-6H2,1H3. The third kappa shape index (κ3) is 4.43. The first kappa shape index (κ1) is 16.9. The molecule has 1 rings (SSSR count). The summed E-state index contributed by atoms with van der Waals surface area (Å²) in [6, 6.07) is 0. The number of amides is 1. The van der Waals surface area contributed by atoms with Crippen LogP contribution in [-0.2, 0) is 4.74 Å². The van der Waals surface area contributed by atoms with Crippen LogP contribution in [0.25, 0.3) is 0 Å². The van der Waals surface area contributed by atoms with E-state index in [0.717, 1.165) is 4.90 Å². The molecule has 1 fully saturated rings. The fraction of sp³-hybridized carbons (Fsp3) is 0.900. The van der Waals surface area contributed by atoms with Gasteiger partial charge in [0.15, 0.2) is 0 Å². The van der Waals surface area contributed by atoms with Gasteiger partial charge in [0, 0.05) is 26.2 Å². The van der Waals surface area contributed by atoms with Gasteiger partial charge in [-0.25, -0.2) is 4.79 Å². The van der Waals surface area contributed by atoms with Crippen molar-refractivity contribution in [3.8, 4) is 0 Å². The molecule has 4 nitrogen and oxygen atoms in total. The summed E-state index contributed by atoms with van der Waals surface area (Å²) >= 11 is 0. The molecule has 1 aliphatic heterocycles. The Hall–Kier alpha value is -1.19. The van der Waals surface area contributed by atoms with Crippen molar-refractivity contribution in [3.05, 3.63) is 0 Å². The van der Waals surface area contributed by atoms with Crippen molar-refractivity contribution >= 4 is 6.09 Å². The van der Waals surface area contributed by atoms with Crippen LogP contribution < -0.4 is 0 Å². The lowest BCUT2D eigenvalue weighted by Gasteiger charge is -2.34. The number of rotatable bonds is 2. The maximum Gasteiger partial charge on any atom is 0.434 e. The first-order valence-electron chi connectivity index (χ1n) is 5.87. The average Bonchev–Trinajstić information content (AvgIpc) is 2.33. The number of nitrogens with zero attached hydrogens (tertiary/aromatic N) is 2. The SMILES string of the molecule is CCN1CCN(C(=O)OC(C(F)(F)F)C(F)(F)F)CC1. The van der Waals surface area contributed by atoms with Crippen molar-refractivity contribution in [1.29, 1.82) is 0 Å². The molecule has 0 unspecified atom stereocenters. The molecule has 1 saturated heterocycles. The molecular weight excluding hydrogens is 294 g/mol. The Morgan fingerprint density at radius 1 is 1.05 bits per heavy atom. The van der Waals surface area contributed by atoms with E-state index < -0.39 is 24.5 Å². The van der Waals surface area contributed by atoms with Gasteiger partial charge < -0.3 is 14.5 Å². The minimum atomic E-state index is -5.68.